The van der Waals surface area contributed by atoms with Gasteiger partial charge in [-0.2, -0.15) is 0 Å². The lowest BCUT2D eigenvalue weighted by Gasteiger charge is -2.26. The van der Waals surface area contributed by atoms with E-state index in [9.17, 15) is 9.18 Å². The van der Waals surface area contributed by atoms with E-state index in [0.29, 0.717) is 18.9 Å². The third-order valence-electron chi connectivity index (χ3n) is 6.78. The predicted molar refractivity (Wildman–Crippen MR) is 134 cm³/mol. The summed E-state index contributed by atoms with van der Waals surface area (Å²) >= 11 is 0. The van der Waals surface area contributed by atoms with Crippen molar-refractivity contribution in [3.8, 4) is 5.75 Å². The van der Waals surface area contributed by atoms with Crippen molar-refractivity contribution in [3.05, 3.63) is 99.2 Å². The van der Waals surface area contributed by atoms with Gasteiger partial charge in [-0.1, -0.05) is 30.3 Å². The number of ether oxygens (including phenoxy) is 2. The van der Waals surface area contributed by atoms with E-state index < -0.39 is 0 Å². The molecule has 0 aliphatic carbocycles. The molecule has 35 heavy (non-hydrogen) atoms. The number of benzene rings is 3. The number of nitrogens with zero attached hydrogens (tertiary/aromatic N) is 2. The molecule has 2 aliphatic heterocycles. The number of aromatic amines is 1. The summed E-state index contributed by atoms with van der Waals surface area (Å²) in [5, 5.41) is 0. The van der Waals surface area contributed by atoms with E-state index in [1.807, 2.05) is 36.4 Å². The molecule has 1 N–H and O–H groups in total. The van der Waals surface area contributed by atoms with Gasteiger partial charge in [-0.15, -0.1) is 0 Å². The average Bonchev–Trinajstić information content (AvgIpc) is 3.11. The van der Waals surface area contributed by atoms with Crippen LogP contribution in [0.15, 0.2) is 65.5 Å². The maximum absolute atomic E-state index is 14.0. The van der Waals surface area contributed by atoms with Crippen molar-refractivity contribution in [1.82, 2.24) is 14.5 Å². The highest BCUT2D eigenvalue weighted by Gasteiger charge is 2.20. The highest BCUT2D eigenvalue weighted by Crippen LogP contribution is 2.38. The molecule has 0 amide bonds. The van der Waals surface area contributed by atoms with Crippen LogP contribution in [0.5, 0.6) is 5.75 Å². The van der Waals surface area contributed by atoms with Crippen LogP contribution in [0.2, 0.25) is 0 Å². The van der Waals surface area contributed by atoms with Gasteiger partial charge in [0.15, 0.2) is 0 Å². The Morgan fingerprint density at radius 2 is 1.83 bits per heavy atom. The summed E-state index contributed by atoms with van der Waals surface area (Å²) in [6.45, 7) is 5.09. The molecule has 178 valence electrons. The number of H-pyrrole nitrogens is 1. The summed E-state index contributed by atoms with van der Waals surface area (Å²) in [7, 11) is 0. The number of hydrogen-bond acceptors (Lipinski definition) is 4. The van der Waals surface area contributed by atoms with E-state index in [-0.39, 0.29) is 11.5 Å². The van der Waals surface area contributed by atoms with Crippen molar-refractivity contribution >= 4 is 22.7 Å². The summed E-state index contributed by atoms with van der Waals surface area (Å²) in [6, 6.07) is 18.7. The van der Waals surface area contributed by atoms with Gasteiger partial charge in [0.05, 0.1) is 24.2 Å². The Kier molecular flexibility index (Phi) is 5.72. The second-order valence-electron chi connectivity index (χ2n) is 8.96. The molecule has 1 fully saturated rings. The lowest BCUT2D eigenvalue weighted by Crippen LogP contribution is -2.39. The SMILES string of the molecule is O=c1[nH]c2cc(/C=C3/c4ccccc4COc4cc(F)ccc43)ccc2n1CCN1CCOCC1. The molecule has 6 rings (SSSR count). The maximum Gasteiger partial charge on any atom is 0.326 e. The van der Waals surface area contributed by atoms with Crippen LogP contribution in [0.4, 0.5) is 4.39 Å². The lowest BCUT2D eigenvalue weighted by atomic mass is 9.92. The van der Waals surface area contributed by atoms with Crippen LogP contribution in [-0.2, 0) is 17.9 Å². The minimum Gasteiger partial charge on any atom is -0.488 e. The number of morpholine rings is 1. The van der Waals surface area contributed by atoms with Crippen LogP contribution in [0, 0.1) is 5.82 Å². The molecule has 0 bridgehead atoms. The normalized spacial score (nSPS) is 17.1. The number of rotatable bonds is 4. The minimum atomic E-state index is -0.327. The Hall–Kier alpha value is -3.68. The fourth-order valence-corrected chi connectivity index (χ4v) is 4.93. The van der Waals surface area contributed by atoms with Gasteiger partial charge in [0.1, 0.15) is 18.2 Å². The van der Waals surface area contributed by atoms with Crippen molar-refractivity contribution < 1.29 is 13.9 Å². The quantitative estimate of drug-likeness (QED) is 0.483. The van der Waals surface area contributed by atoms with Crippen molar-refractivity contribution in [2.75, 3.05) is 32.8 Å². The van der Waals surface area contributed by atoms with Gasteiger partial charge in [-0.3, -0.25) is 9.47 Å². The maximum atomic E-state index is 14.0. The van der Waals surface area contributed by atoms with Gasteiger partial charge in [0.25, 0.3) is 0 Å². The monoisotopic (exact) mass is 471 g/mol. The Bertz CT molecular complexity index is 1480. The first-order valence-corrected chi connectivity index (χ1v) is 11.9. The Morgan fingerprint density at radius 1 is 0.971 bits per heavy atom. The molecule has 0 radical (unpaired) electrons. The number of fused-ring (bicyclic) bond motifs is 3. The van der Waals surface area contributed by atoms with Gasteiger partial charge in [0, 0.05) is 37.8 Å². The van der Waals surface area contributed by atoms with Crippen LogP contribution >= 0.6 is 0 Å². The van der Waals surface area contributed by atoms with Crippen LogP contribution in [0.25, 0.3) is 22.7 Å². The fraction of sp³-hybridized carbons (Fsp3) is 0.250. The Morgan fingerprint density at radius 3 is 2.71 bits per heavy atom. The van der Waals surface area contributed by atoms with Crippen LogP contribution < -0.4 is 10.4 Å². The third kappa shape index (κ3) is 4.29. The molecule has 0 spiro atoms. The Balaban J connectivity index is 1.38. The molecule has 1 aromatic heterocycles. The van der Waals surface area contributed by atoms with E-state index in [0.717, 1.165) is 71.7 Å². The molecule has 2 aliphatic rings. The molecular weight excluding hydrogens is 445 g/mol. The second kappa shape index (κ2) is 9.17. The molecule has 0 atom stereocenters. The summed E-state index contributed by atoms with van der Waals surface area (Å²) in [5.74, 6) is 0.197. The van der Waals surface area contributed by atoms with Gasteiger partial charge >= 0.3 is 5.69 Å². The van der Waals surface area contributed by atoms with Gasteiger partial charge < -0.3 is 14.5 Å². The predicted octanol–water partition coefficient (Wildman–Crippen LogP) is 4.28. The number of imidazole rings is 1. The highest BCUT2D eigenvalue weighted by molar-refractivity contribution is 5.95. The first-order valence-electron chi connectivity index (χ1n) is 11.9. The van der Waals surface area contributed by atoms with E-state index in [4.69, 9.17) is 9.47 Å². The first kappa shape index (κ1) is 21.8. The van der Waals surface area contributed by atoms with Crippen molar-refractivity contribution in [2.45, 2.75) is 13.2 Å². The van der Waals surface area contributed by atoms with Crippen molar-refractivity contribution in [1.29, 1.82) is 0 Å². The zero-order valence-corrected chi connectivity index (χ0v) is 19.3. The largest absolute Gasteiger partial charge is 0.488 e. The molecule has 6 nitrogen and oxygen atoms in total. The van der Waals surface area contributed by atoms with Gasteiger partial charge in [-0.05, 0) is 52.6 Å². The lowest BCUT2D eigenvalue weighted by molar-refractivity contribution is 0.0364. The summed E-state index contributed by atoms with van der Waals surface area (Å²) in [6.07, 6.45) is 2.08. The topological polar surface area (TPSA) is 59.5 Å². The zero-order valence-electron chi connectivity index (χ0n) is 19.3. The van der Waals surface area contributed by atoms with Gasteiger partial charge in [-0.25, -0.2) is 9.18 Å². The standard InChI is InChI=1S/C28H26FN3O3/c29-21-6-7-23-24(22-4-2-1-3-20(22)18-35-27(23)17-21)15-19-5-8-26-25(16-19)30-28(33)32(26)10-9-31-11-13-34-14-12-31/h1-8,15-17H,9-14,18H2,(H,30,33)/b24-15-. The zero-order chi connectivity index (χ0) is 23.8. The number of nitrogens with one attached hydrogen (secondary N) is 1. The first-order chi connectivity index (χ1) is 17.2. The highest BCUT2D eigenvalue weighted by atomic mass is 19.1. The smallest absolute Gasteiger partial charge is 0.326 e. The Labute approximate surface area is 202 Å². The van der Waals surface area contributed by atoms with E-state index in [1.165, 1.54) is 12.1 Å². The molecule has 3 aromatic carbocycles. The third-order valence-corrected chi connectivity index (χ3v) is 6.78. The van der Waals surface area contributed by atoms with Crippen LogP contribution in [0.1, 0.15) is 22.3 Å². The number of aromatic nitrogens is 2. The summed E-state index contributed by atoms with van der Waals surface area (Å²) < 4.78 is 27.1. The second-order valence-corrected chi connectivity index (χ2v) is 8.96. The molecule has 0 saturated carbocycles. The van der Waals surface area contributed by atoms with Crippen molar-refractivity contribution in [2.24, 2.45) is 0 Å². The molecular formula is C28H26FN3O3. The molecule has 7 heteroatoms. The fourth-order valence-electron chi connectivity index (χ4n) is 4.93. The van der Waals surface area contributed by atoms with Crippen molar-refractivity contribution in [3.63, 3.8) is 0 Å². The van der Waals surface area contributed by atoms with Gasteiger partial charge in [0.2, 0.25) is 0 Å². The van der Waals surface area contributed by atoms with Crippen LogP contribution in [-0.4, -0.2) is 47.3 Å². The number of halogens is 1. The molecule has 3 heterocycles. The minimum absolute atomic E-state index is 0.105. The van der Waals surface area contributed by atoms with E-state index in [2.05, 4.69) is 22.0 Å². The van der Waals surface area contributed by atoms with E-state index in [1.54, 1.807) is 10.6 Å². The molecule has 4 aromatic rings. The van der Waals surface area contributed by atoms with Crippen LogP contribution in [0.3, 0.4) is 0 Å². The molecule has 0 unspecified atom stereocenters. The van der Waals surface area contributed by atoms with E-state index >= 15 is 0 Å². The number of hydrogen-bond donors (Lipinski definition) is 1. The molecule has 1 saturated heterocycles. The summed E-state index contributed by atoms with van der Waals surface area (Å²) in [5.41, 5.74) is 6.41. The average molecular weight is 472 g/mol. The summed E-state index contributed by atoms with van der Waals surface area (Å²) in [4.78, 5) is 18.0.